The molecule has 10 heteroatoms. The summed E-state index contributed by atoms with van der Waals surface area (Å²) in [6.07, 6.45) is 3.62. The molecule has 0 radical (unpaired) electrons. The van der Waals surface area contributed by atoms with Crippen LogP contribution in [0.2, 0.25) is 0 Å². The Morgan fingerprint density at radius 2 is 1.75 bits per heavy atom. The molecule has 9 nitrogen and oxygen atoms in total. The number of esters is 1. The second kappa shape index (κ2) is 8.65. The van der Waals surface area contributed by atoms with Gasteiger partial charge in [-0.05, 0) is 49.9 Å². The van der Waals surface area contributed by atoms with E-state index in [1.54, 1.807) is 19.1 Å². The number of hydrogen-bond acceptors (Lipinski definition) is 7. The zero-order valence-electron chi connectivity index (χ0n) is 17.9. The summed E-state index contributed by atoms with van der Waals surface area (Å²) in [4.78, 5) is 50.6. The monoisotopic (exact) mass is 462 g/mol. The Bertz CT molecular complexity index is 1060. The van der Waals surface area contributed by atoms with Gasteiger partial charge in [0, 0.05) is 12.1 Å². The number of fused-ring (bicyclic) bond motifs is 2. The molecular weight excluding hydrogens is 436 g/mol. The third-order valence-electron chi connectivity index (χ3n) is 6.54. The fraction of sp³-hybridized carbons (Fsp3) is 0.545. The number of sulfonamides is 1. The van der Waals surface area contributed by atoms with Crippen molar-refractivity contribution in [2.75, 3.05) is 29.8 Å². The van der Waals surface area contributed by atoms with Gasteiger partial charge in [0.2, 0.25) is 21.8 Å². The zero-order valence-corrected chi connectivity index (χ0v) is 18.7. The van der Waals surface area contributed by atoms with Gasteiger partial charge in [0.1, 0.15) is 6.54 Å². The van der Waals surface area contributed by atoms with Crippen molar-refractivity contribution in [3.05, 3.63) is 29.3 Å². The van der Waals surface area contributed by atoms with Gasteiger partial charge in [-0.15, -0.1) is 0 Å². The molecule has 2 amide bonds. The minimum Gasteiger partial charge on any atom is -0.456 e. The summed E-state index contributed by atoms with van der Waals surface area (Å²) in [6, 6.07) is 4.72. The first-order valence-corrected chi connectivity index (χ1v) is 12.5. The Balaban J connectivity index is 1.35. The Morgan fingerprint density at radius 1 is 1.09 bits per heavy atom. The molecule has 3 aliphatic rings. The van der Waals surface area contributed by atoms with Gasteiger partial charge >= 0.3 is 5.97 Å². The largest absolute Gasteiger partial charge is 0.456 e. The van der Waals surface area contributed by atoms with Gasteiger partial charge in [0.15, 0.2) is 12.4 Å². The van der Waals surface area contributed by atoms with Crippen molar-refractivity contribution < 1.29 is 32.3 Å². The minimum atomic E-state index is -3.38. The van der Waals surface area contributed by atoms with E-state index < -0.39 is 34.9 Å². The molecule has 32 heavy (non-hydrogen) atoms. The SMILES string of the molecule is CCS(=O)(=O)N1CCc2cc(C(=O)COC(=O)CN3C(=O)[C@H]4CCCC[C@@H]4C3=O)ccc21. The number of carbonyl (C=O) groups is 4. The average molecular weight is 463 g/mol. The molecule has 1 aliphatic carbocycles. The lowest BCUT2D eigenvalue weighted by Gasteiger charge is -2.19. The number of ether oxygens (including phenoxy) is 1. The standard InChI is InChI=1S/C22H26N2O7S/c1-2-32(29,30)24-10-9-14-11-15(7-8-18(14)24)19(25)13-31-20(26)12-23-21(27)16-5-3-4-6-17(16)22(23)28/h7-8,11,16-17H,2-6,9-10,12-13H2,1H3/t16-,17-/m0/s1. The van der Waals surface area contributed by atoms with Crippen molar-refractivity contribution >= 4 is 39.3 Å². The fourth-order valence-electron chi connectivity index (χ4n) is 4.78. The van der Waals surface area contributed by atoms with Gasteiger partial charge in [-0.1, -0.05) is 12.8 Å². The number of carbonyl (C=O) groups excluding carboxylic acids is 4. The molecule has 1 aromatic carbocycles. The summed E-state index contributed by atoms with van der Waals surface area (Å²) in [5.74, 6) is -2.58. The molecule has 4 rings (SSSR count). The molecule has 0 bridgehead atoms. The maximum atomic E-state index is 12.5. The van der Waals surface area contributed by atoms with Crippen LogP contribution in [0.1, 0.15) is 48.5 Å². The molecule has 0 aromatic heterocycles. The Morgan fingerprint density at radius 3 is 2.38 bits per heavy atom. The van der Waals surface area contributed by atoms with Gasteiger partial charge in [-0.25, -0.2) is 8.42 Å². The number of amides is 2. The summed E-state index contributed by atoms with van der Waals surface area (Å²) in [5.41, 5.74) is 1.62. The highest BCUT2D eigenvalue weighted by molar-refractivity contribution is 7.92. The highest BCUT2D eigenvalue weighted by atomic mass is 32.2. The average Bonchev–Trinajstić information content (AvgIpc) is 3.33. The van der Waals surface area contributed by atoms with Crippen LogP contribution in [0.5, 0.6) is 0 Å². The number of likely N-dealkylation sites (tertiary alicyclic amines) is 1. The molecule has 2 aliphatic heterocycles. The summed E-state index contributed by atoms with van der Waals surface area (Å²) in [7, 11) is -3.38. The molecule has 1 aromatic rings. The van der Waals surface area contributed by atoms with Crippen LogP contribution in [0.4, 0.5) is 5.69 Å². The van der Waals surface area contributed by atoms with Gasteiger partial charge in [-0.3, -0.25) is 28.4 Å². The van der Waals surface area contributed by atoms with Crippen LogP contribution < -0.4 is 4.31 Å². The van der Waals surface area contributed by atoms with Crippen LogP contribution in [0.15, 0.2) is 18.2 Å². The number of nitrogens with zero attached hydrogens (tertiary/aromatic N) is 2. The molecule has 2 fully saturated rings. The Labute approximate surface area is 186 Å². The van der Waals surface area contributed by atoms with E-state index in [9.17, 15) is 27.6 Å². The number of benzene rings is 1. The van der Waals surface area contributed by atoms with Crippen LogP contribution in [-0.2, 0) is 35.6 Å². The number of anilines is 1. The highest BCUT2D eigenvalue weighted by Crippen LogP contribution is 2.38. The first-order chi connectivity index (χ1) is 15.2. The van der Waals surface area contributed by atoms with Crippen molar-refractivity contribution in [3.8, 4) is 0 Å². The summed E-state index contributed by atoms with van der Waals surface area (Å²) in [6.45, 7) is 0.915. The van der Waals surface area contributed by atoms with E-state index in [1.807, 2.05) is 0 Å². The lowest BCUT2D eigenvalue weighted by Crippen LogP contribution is -2.37. The van der Waals surface area contributed by atoms with Crippen molar-refractivity contribution in [1.82, 2.24) is 4.90 Å². The Kier molecular flexibility index (Phi) is 6.07. The molecule has 2 atom stereocenters. The predicted molar refractivity (Wildman–Crippen MR) is 114 cm³/mol. The molecule has 1 saturated heterocycles. The highest BCUT2D eigenvalue weighted by Gasteiger charge is 2.48. The number of Topliss-reactive ketones (excluding diaryl/α,β-unsaturated/α-hetero) is 1. The molecule has 0 N–H and O–H groups in total. The number of ketones is 1. The lowest BCUT2D eigenvalue weighted by atomic mass is 9.81. The van der Waals surface area contributed by atoms with Crippen molar-refractivity contribution in [1.29, 1.82) is 0 Å². The van der Waals surface area contributed by atoms with Gasteiger partial charge in [-0.2, -0.15) is 0 Å². The third-order valence-corrected chi connectivity index (χ3v) is 8.32. The van der Waals surface area contributed by atoms with E-state index in [4.69, 9.17) is 4.74 Å². The quantitative estimate of drug-likeness (QED) is 0.340. The van der Waals surface area contributed by atoms with Crippen LogP contribution in [0, 0.1) is 11.8 Å². The van der Waals surface area contributed by atoms with E-state index >= 15 is 0 Å². The number of hydrogen-bond donors (Lipinski definition) is 0. The summed E-state index contributed by atoms with van der Waals surface area (Å²) in [5, 5.41) is 0. The minimum absolute atomic E-state index is 0.00735. The van der Waals surface area contributed by atoms with Gasteiger partial charge < -0.3 is 4.74 Å². The first-order valence-electron chi connectivity index (χ1n) is 10.9. The third kappa shape index (κ3) is 4.03. The van der Waals surface area contributed by atoms with E-state index in [1.165, 1.54) is 10.4 Å². The zero-order chi connectivity index (χ0) is 23.0. The maximum Gasteiger partial charge on any atom is 0.326 e. The van der Waals surface area contributed by atoms with Crippen LogP contribution in [-0.4, -0.2) is 62.3 Å². The van der Waals surface area contributed by atoms with E-state index in [0.29, 0.717) is 37.1 Å². The smallest absolute Gasteiger partial charge is 0.326 e. The number of imide groups is 1. The van der Waals surface area contributed by atoms with Crippen molar-refractivity contribution in [2.45, 2.75) is 39.0 Å². The fourth-order valence-corrected chi connectivity index (χ4v) is 5.94. The lowest BCUT2D eigenvalue weighted by molar-refractivity contribution is -0.152. The van der Waals surface area contributed by atoms with E-state index in [2.05, 4.69) is 0 Å². The molecule has 172 valence electrons. The summed E-state index contributed by atoms with van der Waals surface area (Å²) >= 11 is 0. The second-order valence-corrected chi connectivity index (χ2v) is 10.6. The topological polar surface area (TPSA) is 118 Å². The predicted octanol–water partition coefficient (Wildman–Crippen LogP) is 1.30. The van der Waals surface area contributed by atoms with Crippen LogP contribution >= 0.6 is 0 Å². The molecule has 0 unspecified atom stereocenters. The summed E-state index contributed by atoms with van der Waals surface area (Å²) < 4.78 is 30.7. The van der Waals surface area contributed by atoms with Crippen LogP contribution in [0.3, 0.4) is 0 Å². The normalized spacial score (nSPS) is 22.7. The van der Waals surface area contributed by atoms with Gasteiger partial charge in [0.25, 0.3) is 0 Å². The first kappa shape index (κ1) is 22.4. The van der Waals surface area contributed by atoms with E-state index in [0.717, 1.165) is 23.3 Å². The number of rotatable bonds is 7. The molecular formula is C22H26N2O7S. The maximum absolute atomic E-state index is 12.5. The molecule has 0 spiro atoms. The van der Waals surface area contributed by atoms with Crippen LogP contribution in [0.25, 0.3) is 0 Å². The van der Waals surface area contributed by atoms with E-state index in [-0.39, 0.29) is 29.4 Å². The van der Waals surface area contributed by atoms with Crippen molar-refractivity contribution in [2.24, 2.45) is 11.8 Å². The molecule has 2 heterocycles. The second-order valence-electron chi connectivity index (χ2n) is 8.41. The van der Waals surface area contributed by atoms with Crippen molar-refractivity contribution in [3.63, 3.8) is 0 Å². The molecule has 1 saturated carbocycles. The van der Waals surface area contributed by atoms with Gasteiger partial charge in [0.05, 0.1) is 23.3 Å². The Hall–Kier alpha value is -2.75.